The van der Waals surface area contributed by atoms with Crippen LogP contribution in [0, 0.1) is 0 Å². The highest BCUT2D eigenvalue weighted by atomic mass is 35.5. The Kier molecular flexibility index (Phi) is 3.10. The van der Waals surface area contributed by atoms with E-state index in [9.17, 15) is 0 Å². The molecule has 0 aliphatic rings. The maximum absolute atomic E-state index is 5.97. The molecule has 5 heteroatoms. The fourth-order valence-corrected chi connectivity index (χ4v) is 1.76. The first-order valence-electron chi connectivity index (χ1n) is 5.02. The van der Waals surface area contributed by atoms with Crippen LogP contribution in [-0.2, 0) is 7.05 Å². The van der Waals surface area contributed by atoms with Crippen LogP contribution in [0.25, 0.3) is 0 Å². The summed E-state index contributed by atoms with van der Waals surface area (Å²) in [5.74, 6) is 0.958. The Morgan fingerprint density at radius 2 is 2.19 bits per heavy atom. The lowest BCUT2D eigenvalue weighted by molar-refractivity contribution is 0.721. The molecule has 2 aromatic heterocycles. The van der Waals surface area contributed by atoms with Gasteiger partial charge in [-0.3, -0.25) is 0 Å². The number of anilines is 1. The Balaban J connectivity index is 2.17. The highest BCUT2D eigenvalue weighted by molar-refractivity contribution is 6.31. The molecule has 0 aliphatic carbocycles. The Morgan fingerprint density at radius 3 is 2.81 bits per heavy atom. The van der Waals surface area contributed by atoms with Gasteiger partial charge in [-0.25, -0.2) is 9.97 Å². The van der Waals surface area contributed by atoms with E-state index in [1.54, 1.807) is 12.4 Å². The van der Waals surface area contributed by atoms with Crippen LogP contribution in [0.5, 0.6) is 0 Å². The number of aromatic nitrogens is 3. The Hall–Kier alpha value is -1.55. The third-order valence-corrected chi connectivity index (χ3v) is 2.68. The van der Waals surface area contributed by atoms with Crippen LogP contribution in [-0.4, -0.2) is 14.5 Å². The van der Waals surface area contributed by atoms with Crippen molar-refractivity contribution >= 4 is 17.3 Å². The van der Waals surface area contributed by atoms with Gasteiger partial charge in [0.25, 0.3) is 0 Å². The molecule has 2 heterocycles. The van der Waals surface area contributed by atoms with Crippen molar-refractivity contribution in [1.82, 2.24) is 14.5 Å². The smallest absolute Gasteiger partial charge is 0.152 e. The molecular weight excluding hydrogens is 224 g/mol. The predicted molar refractivity (Wildman–Crippen MR) is 64.5 cm³/mol. The molecule has 0 spiro atoms. The summed E-state index contributed by atoms with van der Waals surface area (Å²) in [5.41, 5.74) is 0.819. The molecule has 16 heavy (non-hydrogen) atoms. The monoisotopic (exact) mass is 236 g/mol. The summed E-state index contributed by atoms with van der Waals surface area (Å²) < 4.78 is 1.97. The first-order chi connectivity index (χ1) is 7.68. The van der Waals surface area contributed by atoms with Gasteiger partial charge >= 0.3 is 0 Å². The van der Waals surface area contributed by atoms with Gasteiger partial charge in [0.1, 0.15) is 5.82 Å². The van der Waals surface area contributed by atoms with Crippen molar-refractivity contribution < 1.29 is 0 Å². The van der Waals surface area contributed by atoms with E-state index in [0.29, 0.717) is 5.15 Å². The molecule has 0 saturated carbocycles. The van der Waals surface area contributed by atoms with Crippen molar-refractivity contribution in [2.75, 3.05) is 5.32 Å². The van der Waals surface area contributed by atoms with Crippen LogP contribution >= 0.6 is 11.6 Å². The van der Waals surface area contributed by atoms with Gasteiger partial charge in [-0.2, -0.15) is 0 Å². The maximum Gasteiger partial charge on any atom is 0.152 e. The van der Waals surface area contributed by atoms with Crippen LogP contribution in [0.1, 0.15) is 18.8 Å². The van der Waals surface area contributed by atoms with Crippen LogP contribution in [0.4, 0.5) is 5.69 Å². The molecule has 0 saturated heterocycles. The van der Waals surface area contributed by atoms with Crippen molar-refractivity contribution in [3.63, 3.8) is 0 Å². The summed E-state index contributed by atoms with van der Waals surface area (Å²) in [6.07, 6.45) is 5.36. The summed E-state index contributed by atoms with van der Waals surface area (Å²) in [5, 5.41) is 3.75. The maximum atomic E-state index is 5.97. The summed E-state index contributed by atoms with van der Waals surface area (Å²) in [4.78, 5) is 8.29. The highest BCUT2D eigenvalue weighted by Gasteiger charge is 2.11. The lowest BCUT2D eigenvalue weighted by Crippen LogP contribution is -2.12. The van der Waals surface area contributed by atoms with Gasteiger partial charge in [-0.1, -0.05) is 11.6 Å². The minimum absolute atomic E-state index is 0.0849. The van der Waals surface area contributed by atoms with E-state index in [2.05, 4.69) is 15.3 Å². The van der Waals surface area contributed by atoms with E-state index in [1.807, 2.05) is 36.9 Å². The second-order valence-electron chi connectivity index (χ2n) is 3.60. The molecular formula is C11H13ClN4. The first-order valence-corrected chi connectivity index (χ1v) is 5.40. The number of pyridine rings is 1. The molecule has 0 aromatic carbocycles. The Bertz CT molecular complexity index is 480. The van der Waals surface area contributed by atoms with Crippen LogP contribution < -0.4 is 5.32 Å². The number of hydrogen-bond acceptors (Lipinski definition) is 3. The number of halogens is 1. The van der Waals surface area contributed by atoms with E-state index in [4.69, 9.17) is 11.6 Å². The average molecular weight is 237 g/mol. The van der Waals surface area contributed by atoms with Crippen LogP contribution in [0.15, 0.2) is 30.7 Å². The third-order valence-electron chi connectivity index (χ3n) is 2.38. The van der Waals surface area contributed by atoms with Gasteiger partial charge in [0, 0.05) is 25.6 Å². The van der Waals surface area contributed by atoms with Crippen molar-refractivity contribution in [1.29, 1.82) is 0 Å². The van der Waals surface area contributed by atoms with E-state index in [1.165, 1.54) is 0 Å². The second kappa shape index (κ2) is 4.53. The molecule has 0 aliphatic heterocycles. The lowest BCUT2D eigenvalue weighted by atomic mass is 10.3. The zero-order chi connectivity index (χ0) is 11.5. The predicted octanol–water partition coefficient (Wildman–Crippen LogP) is 2.64. The number of aryl methyl sites for hydroxylation is 1. The molecule has 84 valence electrons. The molecule has 2 aromatic rings. The number of nitrogens with zero attached hydrogens (tertiary/aromatic N) is 3. The van der Waals surface area contributed by atoms with E-state index in [-0.39, 0.29) is 6.04 Å². The zero-order valence-corrected chi connectivity index (χ0v) is 9.94. The standard InChI is InChI=1S/C11H13ClN4/c1-8(11-14-6-7-16(11)2)15-9-4-3-5-13-10(9)12/h3-8,15H,1-2H3. The normalized spacial score (nSPS) is 12.4. The summed E-state index contributed by atoms with van der Waals surface area (Å²) >= 11 is 5.97. The molecule has 1 atom stereocenters. The van der Waals surface area contributed by atoms with Gasteiger partial charge in [-0.15, -0.1) is 0 Å². The largest absolute Gasteiger partial charge is 0.373 e. The van der Waals surface area contributed by atoms with E-state index >= 15 is 0 Å². The summed E-state index contributed by atoms with van der Waals surface area (Å²) in [6, 6.07) is 3.83. The van der Waals surface area contributed by atoms with Gasteiger partial charge in [0.05, 0.1) is 11.7 Å². The Labute approximate surface area is 99.3 Å². The molecule has 0 fully saturated rings. The Morgan fingerprint density at radius 1 is 1.38 bits per heavy atom. The van der Waals surface area contributed by atoms with Crippen LogP contribution in [0.2, 0.25) is 5.15 Å². The fourth-order valence-electron chi connectivity index (χ4n) is 1.59. The minimum atomic E-state index is 0.0849. The molecule has 1 N–H and O–H groups in total. The third kappa shape index (κ3) is 2.17. The van der Waals surface area contributed by atoms with Crippen LogP contribution in [0.3, 0.4) is 0 Å². The summed E-state index contributed by atoms with van der Waals surface area (Å²) in [7, 11) is 1.96. The van der Waals surface area contributed by atoms with Crippen molar-refractivity contribution in [3.05, 3.63) is 41.7 Å². The van der Waals surface area contributed by atoms with Crippen molar-refractivity contribution in [2.24, 2.45) is 7.05 Å². The van der Waals surface area contributed by atoms with Gasteiger partial charge in [0.2, 0.25) is 0 Å². The number of imidazole rings is 1. The topological polar surface area (TPSA) is 42.7 Å². The zero-order valence-electron chi connectivity index (χ0n) is 9.18. The summed E-state index contributed by atoms with van der Waals surface area (Å²) in [6.45, 7) is 2.03. The first kappa shape index (κ1) is 11.0. The SMILES string of the molecule is CC(Nc1cccnc1Cl)c1nccn1C. The second-order valence-corrected chi connectivity index (χ2v) is 3.96. The van der Waals surface area contributed by atoms with Gasteiger partial charge in [-0.05, 0) is 19.1 Å². The molecule has 4 nitrogen and oxygen atoms in total. The lowest BCUT2D eigenvalue weighted by Gasteiger charge is -2.15. The fraction of sp³-hybridized carbons (Fsp3) is 0.273. The quantitative estimate of drug-likeness (QED) is 0.834. The van der Waals surface area contributed by atoms with Gasteiger partial charge in [0.15, 0.2) is 5.15 Å². The number of rotatable bonds is 3. The van der Waals surface area contributed by atoms with Crippen molar-refractivity contribution in [2.45, 2.75) is 13.0 Å². The average Bonchev–Trinajstić information content (AvgIpc) is 2.68. The van der Waals surface area contributed by atoms with Gasteiger partial charge < -0.3 is 9.88 Å². The molecule has 0 amide bonds. The number of hydrogen-bond donors (Lipinski definition) is 1. The molecule has 0 radical (unpaired) electrons. The van der Waals surface area contributed by atoms with E-state index < -0.39 is 0 Å². The van der Waals surface area contributed by atoms with Crippen molar-refractivity contribution in [3.8, 4) is 0 Å². The van der Waals surface area contributed by atoms with E-state index in [0.717, 1.165) is 11.5 Å². The minimum Gasteiger partial charge on any atom is -0.373 e. The molecule has 0 bridgehead atoms. The number of nitrogens with one attached hydrogen (secondary N) is 1. The molecule has 1 unspecified atom stereocenters. The highest BCUT2D eigenvalue weighted by Crippen LogP contribution is 2.22. The molecule has 2 rings (SSSR count).